The van der Waals surface area contributed by atoms with E-state index in [2.05, 4.69) is 16.4 Å². The monoisotopic (exact) mass is 271 g/mol. The van der Waals surface area contributed by atoms with Crippen molar-refractivity contribution in [2.45, 2.75) is 0 Å². The molecule has 0 aliphatic heterocycles. The van der Waals surface area contributed by atoms with Crippen molar-refractivity contribution in [3.63, 3.8) is 0 Å². The molecule has 5 heteroatoms. The first kappa shape index (κ1) is 11.8. The van der Waals surface area contributed by atoms with E-state index < -0.39 is 0 Å². The molecule has 19 heavy (non-hydrogen) atoms. The number of imidazole rings is 1. The predicted molar refractivity (Wildman–Crippen MR) is 77.8 cm³/mol. The molecule has 2 heterocycles. The lowest BCUT2D eigenvalue weighted by Gasteiger charge is -2.10. The topological polar surface area (TPSA) is 53.1 Å². The zero-order valence-corrected chi connectivity index (χ0v) is 11.2. The van der Waals surface area contributed by atoms with Gasteiger partial charge in [0.1, 0.15) is 5.75 Å². The van der Waals surface area contributed by atoms with Gasteiger partial charge in [0.15, 0.2) is 0 Å². The van der Waals surface area contributed by atoms with Crippen molar-refractivity contribution in [1.29, 1.82) is 0 Å². The zero-order valence-electron chi connectivity index (χ0n) is 10.4. The minimum Gasteiger partial charge on any atom is -0.495 e. The molecule has 0 spiro atoms. The first-order valence-electron chi connectivity index (χ1n) is 5.79. The summed E-state index contributed by atoms with van der Waals surface area (Å²) in [5.41, 5.74) is 8.50. The molecule has 1 aromatic carbocycles. The Balaban J connectivity index is 2.11. The van der Waals surface area contributed by atoms with Crippen molar-refractivity contribution < 1.29 is 4.74 Å². The van der Waals surface area contributed by atoms with E-state index in [-0.39, 0.29) is 0 Å². The molecule has 0 amide bonds. The van der Waals surface area contributed by atoms with Crippen LogP contribution < -0.4 is 10.5 Å². The van der Waals surface area contributed by atoms with E-state index >= 15 is 0 Å². The van der Waals surface area contributed by atoms with Crippen LogP contribution in [0.5, 0.6) is 5.75 Å². The summed E-state index contributed by atoms with van der Waals surface area (Å²) in [5, 5.41) is 2.05. The van der Waals surface area contributed by atoms with Gasteiger partial charge >= 0.3 is 0 Å². The van der Waals surface area contributed by atoms with Crippen molar-refractivity contribution >= 4 is 17.0 Å². The SMILES string of the molecule is COc1cc(-n2cncc2-c2cccs2)ccc1N. The third-order valence-electron chi connectivity index (χ3n) is 2.91. The predicted octanol–water partition coefficient (Wildman–Crippen LogP) is 3.19. The van der Waals surface area contributed by atoms with E-state index in [1.54, 1.807) is 24.8 Å². The van der Waals surface area contributed by atoms with Crippen LogP contribution in [-0.2, 0) is 0 Å². The molecular formula is C14H13N3OS. The number of anilines is 1. The minimum atomic E-state index is 0.629. The van der Waals surface area contributed by atoms with Crippen molar-refractivity contribution in [3.05, 3.63) is 48.2 Å². The number of nitrogen functional groups attached to an aromatic ring is 1. The largest absolute Gasteiger partial charge is 0.495 e. The molecule has 2 aromatic heterocycles. The first-order valence-corrected chi connectivity index (χ1v) is 6.67. The highest BCUT2D eigenvalue weighted by molar-refractivity contribution is 7.13. The van der Waals surface area contributed by atoms with Crippen molar-refractivity contribution in [2.75, 3.05) is 12.8 Å². The number of methoxy groups -OCH3 is 1. The third kappa shape index (κ3) is 2.08. The fourth-order valence-electron chi connectivity index (χ4n) is 1.96. The first-order chi connectivity index (χ1) is 9.29. The Morgan fingerprint density at radius 3 is 2.95 bits per heavy atom. The summed E-state index contributed by atoms with van der Waals surface area (Å²) >= 11 is 1.69. The number of benzene rings is 1. The zero-order chi connectivity index (χ0) is 13.2. The number of hydrogen-bond donors (Lipinski definition) is 1. The van der Waals surface area contributed by atoms with Gasteiger partial charge in [-0.3, -0.25) is 4.57 Å². The van der Waals surface area contributed by atoms with Crippen LogP contribution in [-0.4, -0.2) is 16.7 Å². The van der Waals surface area contributed by atoms with Crippen LogP contribution >= 0.6 is 11.3 Å². The Bertz CT molecular complexity index is 689. The summed E-state index contributed by atoms with van der Waals surface area (Å²) in [6.45, 7) is 0. The van der Waals surface area contributed by atoms with Gasteiger partial charge in [-0.2, -0.15) is 0 Å². The number of aromatic nitrogens is 2. The van der Waals surface area contributed by atoms with E-state index in [1.165, 1.54) is 4.88 Å². The Morgan fingerprint density at radius 1 is 1.32 bits per heavy atom. The lowest BCUT2D eigenvalue weighted by Crippen LogP contribution is -1.98. The van der Waals surface area contributed by atoms with Crippen LogP contribution in [0, 0.1) is 0 Å². The van der Waals surface area contributed by atoms with Gasteiger partial charge in [-0.05, 0) is 23.6 Å². The number of nitrogens with zero attached hydrogens (tertiary/aromatic N) is 2. The molecule has 2 N–H and O–H groups in total. The van der Waals surface area contributed by atoms with Gasteiger partial charge in [0.05, 0.1) is 41.6 Å². The average Bonchev–Trinajstić information content (AvgIpc) is 3.09. The normalized spacial score (nSPS) is 10.6. The summed E-state index contributed by atoms with van der Waals surface area (Å²) in [6, 6.07) is 9.81. The maximum Gasteiger partial charge on any atom is 0.143 e. The molecule has 3 aromatic rings. The van der Waals surface area contributed by atoms with E-state index in [4.69, 9.17) is 10.5 Å². The van der Waals surface area contributed by atoms with Crippen LogP contribution in [0.3, 0.4) is 0 Å². The van der Waals surface area contributed by atoms with Gasteiger partial charge in [0, 0.05) is 6.07 Å². The smallest absolute Gasteiger partial charge is 0.143 e. The number of nitrogens with two attached hydrogens (primary N) is 1. The molecule has 0 saturated heterocycles. The molecule has 0 radical (unpaired) electrons. The Morgan fingerprint density at radius 2 is 2.21 bits per heavy atom. The van der Waals surface area contributed by atoms with Crippen LogP contribution in [0.25, 0.3) is 16.3 Å². The fraction of sp³-hybridized carbons (Fsp3) is 0.0714. The molecule has 0 aliphatic rings. The number of hydrogen-bond acceptors (Lipinski definition) is 4. The van der Waals surface area contributed by atoms with E-state index in [9.17, 15) is 0 Å². The summed E-state index contributed by atoms with van der Waals surface area (Å²) in [6.07, 6.45) is 3.65. The maximum atomic E-state index is 5.84. The number of thiophene rings is 1. The quantitative estimate of drug-likeness (QED) is 0.744. The summed E-state index contributed by atoms with van der Waals surface area (Å²) in [5.74, 6) is 0.670. The van der Waals surface area contributed by atoms with Gasteiger partial charge < -0.3 is 10.5 Å². The van der Waals surface area contributed by atoms with E-state index in [0.29, 0.717) is 11.4 Å². The standard InChI is InChI=1S/C14H13N3OS/c1-18-13-7-10(4-5-11(13)15)17-9-16-8-12(17)14-3-2-6-19-14/h2-9H,15H2,1H3. The second kappa shape index (κ2) is 4.78. The van der Waals surface area contributed by atoms with Gasteiger partial charge in [0.2, 0.25) is 0 Å². The number of rotatable bonds is 3. The van der Waals surface area contributed by atoms with Crippen molar-refractivity contribution in [2.24, 2.45) is 0 Å². The Labute approximate surface area is 115 Å². The molecule has 96 valence electrons. The molecule has 0 unspecified atom stereocenters. The summed E-state index contributed by atoms with van der Waals surface area (Å²) < 4.78 is 7.28. The van der Waals surface area contributed by atoms with Crippen LogP contribution in [0.4, 0.5) is 5.69 Å². The van der Waals surface area contributed by atoms with Crippen LogP contribution in [0.15, 0.2) is 48.2 Å². The molecule has 0 atom stereocenters. The van der Waals surface area contributed by atoms with Gasteiger partial charge in [-0.25, -0.2) is 4.98 Å². The average molecular weight is 271 g/mol. The Hall–Kier alpha value is -2.27. The maximum absolute atomic E-state index is 5.84. The highest BCUT2D eigenvalue weighted by atomic mass is 32.1. The lowest BCUT2D eigenvalue weighted by atomic mass is 10.2. The van der Waals surface area contributed by atoms with Crippen molar-refractivity contribution in [3.8, 4) is 22.0 Å². The molecule has 3 rings (SSSR count). The number of ether oxygens (including phenoxy) is 1. The highest BCUT2D eigenvalue weighted by Gasteiger charge is 2.09. The van der Waals surface area contributed by atoms with Crippen LogP contribution in [0.1, 0.15) is 0 Å². The Kier molecular flexibility index (Phi) is 2.97. The van der Waals surface area contributed by atoms with Gasteiger partial charge in [0.25, 0.3) is 0 Å². The highest BCUT2D eigenvalue weighted by Crippen LogP contribution is 2.29. The molecular weight excluding hydrogens is 258 g/mol. The molecule has 0 saturated carbocycles. The molecule has 0 aliphatic carbocycles. The summed E-state index contributed by atoms with van der Waals surface area (Å²) in [7, 11) is 1.61. The van der Waals surface area contributed by atoms with E-state index in [0.717, 1.165) is 11.4 Å². The second-order valence-corrected chi connectivity index (χ2v) is 5.00. The van der Waals surface area contributed by atoms with Crippen LogP contribution in [0.2, 0.25) is 0 Å². The molecule has 0 fully saturated rings. The fourth-order valence-corrected chi connectivity index (χ4v) is 2.69. The molecule has 0 bridgehead atoms. The third-order valence-corrected chi connectivity index (χ3v) is 3.80. The lowest BCUT2D eigenvalue weighted by molar-refractivity contribution is 0.417. The van der Waals surface area contributed by atoms with Gasteiger partial charge in [-0.1, -0.05) is 6.07 Å². The molecule has 4 nitrogen and oxygen atoms in total. The van der Waals surface area contributed by atoms with Crippen molar-refractivity contribution in [1.82, 2.24) is 9.55 Å². The summed E-state index contributed by atoms with van der Waals surface area (Å²) in [4.78, 5) is 5.40. The van der Waals surface area contributed by atoms with E-state index in [1.807, 2.05) is 35.0 Å². The second-order valence-electron chi connectivity index (χ2n) is 4.05. The minimum absolute atomic E-state index is 0.629. The van der Waals surface area contributed by atoms with Gasteiger partial charge in [-0.15, -0.1) is 11.3 Å².